The largest absolute Gasteiger partial charge is 0.462 e. The first-order chi connectivity index (χ1) is 15.1. The van der Waals surface area contributed by atoms with Crippen molar-refractivity contribution in [1.82, 2.24) is 10.6 Å². The summed E-state index contributed by atoms with van der Waals surface area (Å²) in [6.07, 6.45) is 8.59. The molecule has 3 aliphatic rings. The monoisotopic (exact) mass is 447 g/mol. The number of hydrogen-bond acceptors (Lipinski definition) is 6. The molecule has 2 heterocycles. The van der Waals surface area contributed by atoms with E-state index in [0.717, 1.165) is 81.3 Å². The molecule has 3 N–H and O–H groups in total. The van der Waals surface area contributed by atoms with E-state index in [4.69, 9.17) is 4.74 Å². The molecule has 2 fully saturated rings. The SMILES string of the molecule is CCOC(=O)c1c(NC(=O)NC(C(=O)C2CCC2)C2CCNCC2)sc2c1CCCC2. The van der Waals surface area contributed by atoms with Crippen molar-refractivity contribution < 1.29 is 19.1 Å². The van der Waals surface area contributed by atoms with E-state index in [1.165, 1.54) is 11.3 Å². The van der Waals surface area contributed by atoms with Crippen LogP contribution in [-0.2, 0) is 22.4 Å². The maximum Gasteiger partial charge on any atom is 0.341 e. The van der Waals surface area contributed by atoms with Crippen LogP contribution in [0.1, 0.15) is 72.7 Å². The first-order valence-corrected chi connectivity index (χ1v) is 12.5. The lowest BCUT2D eigenvalue weighted by Gasteiger charge is -2.35. The number of esters is 1. The van der Waals surface area contributed by atoms with Gasteiger partial charge < -0.3 is 15.4 Å². The number of nitrogens with one attached hydrogen (secondary N) is 3. The highest BCUT2D eigenvalue weighted by Crippen LogP contribution is 2.38. The number of piperidine rings is 1. The van der Waals surface area contributed by atoms with Gasteiger partial charge in [-0.15, -0.1) is 11.3 Å². The fourth-order valence-corrected chi connectivity index (χ4v) is 6.17. The molecule has 1 unspecified atom stereocenters. The van der Waals surface area contributed by atoms with Crippen molar-refractivity contribution in [3.05, 3.63) is 16.0 Å². The predicted octanol–water partition coefficient (Wildman–Crippen LogP) is 3.66. The molecule has 7 nitrogen and oxygen atoms in total. The second kappa shape index (κ2) is 10.1. The molecule has 170 valence electrons. The van der Waals surface area contributed by atoms with Gasteiger partial charge in [0, 0.05) is 10.8 Å². The van der Waals surface area contributed by atoms with E-state index in [-0.39, 0.29) is 23.6 Å². The Morgan fingerprint density at radius 3 is 2.52 bits per heavy atom. The van der Waals surface area contributed by atoms with Crippen LogP contribution in [0.2, 0.25) is 0 Å². The number of fused-ring (bicyclic) bond motifs is 1. The van der Waals surface area contributed by atoms with Crippen molar-refractivity contribution in [3.63, 3.8) is 0 Å². The Labute approximate surface area is 187 Å². The fourth-order valence-electron chi connectivity index (χ4n) is 4.90. The summed E-state index contributed by atoms with van der Waals surface area (Å²) < 4.78 is 5.28. The standard InChI is InChI=1S/C23H33N3O4S/c1-2-30-22(28)18-16-8-3-4-9-17(16)31-21(18)26-23(29)25-19(14-10-12-24-13-11-14)20(27)15-6-5-7-15/h14-15,19,24H,2-13H2,1H3,(H2,25,26,29). The summed E-state index contributed by atoms with van der Waals surface area (Å²) in [5.74, 6) is 0.0209. The third-order valence-electron chi connectivity index (χ3n) is 6.83. The number of carbonyl (C=O) groups is 3. The maximum atomic E-state index is 13.1. The number of thiophene rings is 1. The molecule has 1 atom stereocenters. The van der Waals surface area contributed by atoms with E-state index in [0.29, 0.717) is 17.2 Å². The number of hydrogen-bond donors (Lipinski definition) is 3. The number of carbonyl (C=O) groups excluding carboxylic acids is 3. The molecule has 4 rings (SSSR count). The molecule has 8 heteroatoms. The molecular formula is C23H33N3O4S. The molecule has 0 radical (unpaired) electrons. The van der Waals surface area contributed by atoms with Crippen molar-refractivity contribution in [2.45, 2.75) is 70.8 Å². The summed E-state index contributed by atoms with van der Waals surface area (Å²) in [5, 5.41) is 9.77. The van der Waals surface area contributed by atoms with Crippen LogP contribution in [0.15, 0.2) is 0 Å². The van der Waals surface area contributed by atoms with Crippen LogP contribution in [0.5, 0.6) is 0 Å². The molecule has 1 saturated heterocycles. The minimum Gasteiger partial charge on any atom is -0.462 e. The average molecular weight is 448 g/mol. The summed E-state index contributed by atoms with van der Waals surface area (Å²) >= 11 is 1.47. The van der Waals surface area contributed by atoms with Crippen LogP contribution in [-0.4, -0.2) is 43.5 Å². The van der Waals surface area contributed by atoms with Crippen LogP contribution < -0.4 is 16.0 Å². The molecule has 2 aliphatic carbocycles. The smallest absolute Gasteiger partial charge is 0.341 e. The summed E-state index contributed by atoms with van der Waals surface area (Å²) in [6, 6.07) is -0.867. The normalized spacial score (nSPS) is 20.3. The van der Waals surface area contributed by atoms with E-state index in [2.05, 4.69) is 16.0 Å². The van der Waals surface area contributed by atoms with E-state index in [1.807, 2.05) is 0 Å². The highest BCUT2D eigenvalue weighted by molar-refractivity contribution is 7.17. The molecule has 2 amide bonds. The molecule has 0 aromatic carbocycles. The van der Waals surface area contributed by atoms with Gasteiger partial charge >= 0.3 is 12.0 Å². The molecule has 1 aromatic rings. The van der Waals surface area contributed by atoms with Gasteiger partial charge in [0.2, 0.25) is 0 Å². The van der Waals surface area contributed by atoms with Gasteiger partial charge in [-0.1, -0.05) is 6.42 Å². The summed E-state index contributed by atoms with van der Waals surface area (Å²) in [6.45, 7) is 3.81. The number of aryl methyl sites for hydroxylation is 1. The van der Waals surface area contributed by atoms with Gasteiger partial charge in [0.15, 0.2) is 5.78 Å². The van der Waals surface area contributed by atoms with Crippen molar-refractivity contribution in [2.24, 2.45) is 11.8 Å². The number of urea groups is 1. The minimum absolute atomic E-state index is 0.0735. The fraction of sp³-hybridized carbons (Fsp3) is 0.696. The second-order valence-electron chi connectivity index (χ2n) is 8.83. The third-order valence-corrected chi connectivity index (χ3v) is 8.04. The number of rotatable bonds is 7. The predicted molar refractivity (Wildman–Crippen MR) is 121 cm³/mol. The Kier molecular flexibility index (Phi) is 7.27. The van der Waals surface area contributed by atoms with Gasteiger partial charge in [0.05, 0.1) is 18.2 Å². The topological polar surface area (TPSA) is 96.5 Å². The highest BCUT2D eigenvalue weighted by atomic mass is 32.1. The molecule has 31 heavy (non-hydrogen) atoms. The molecule has 0 spiro atoms. The summed E-state index contributed by atoms with van der Waals surface area (Å²) in [4.78, 5) is 39.9. The molecular weight excluding hydrogens is 414 g/mol. The minimum atomic E-state index is -0.465. The summed E-state index contributed by atoms with van der Waals surface area (Å²) in [7, 11) is 0. The van der Waals surface area contributed by atoms with Gasteiger partial charge in [0.25, 0.3) is 0 Å². The zero-order valence-electron chi connectivity index (χ0n) is 18.3. The Morgan fingerprint density at radius 2 is 1.84 bits per heavy atom. The molecule has 1 saturated carbocycles. The van der Waals surface area contributed by atoms with Crippen molar-refractivity contribution >= 4 is 34.1 Å². The number of ether oxygens (including phenoxy) is 1. The van der Waals surface area contributed by atoms with Gasteiger partial charge in [0.1, 0.15) is 5.00 Å². The Morgan fingerprint density at radius 1 is 1.10 bits per heavy atom. The number of Topliss-reactive ketones (excluding diaryl/α,β-unsaturated/α-hetero) is 1. The van der Waals surface area contributed by atoms with E-state index in [1.54, 1.807) is 6.92 Å². The first kappa shape index (κ1) is 22.3. The lowest BCUT2D eigenvalue weighted by molar-refractivity contribution is -0.128. The molecule has 0 bridgehead atoms. The van der Waals surface area contributed by atoms with Crippen LogP contribution in [0.3, 0.4) is 0 Å². The van der Waals surface area contributed by atoms with Gasteiger partial charge in [-0.2, -0.15) is 0 Å². The van der Waals surface area contributed by atoms with E-state index < -0.39 is 12.1 Å². The lowest BCUT2D eigenvalue weighted by Crippen LogP contribution is -2.52. The Balaban J connectivity index is 1.51. The van der Waals surface area contributed by atoms with Crippen LogP contribution >= 0.6 is 11.3 Å². The van der Waals surface area contributed by atoms with Crippen LogP contribution in [0, 0.1) is 11.8 Å². The first-order valence-electron chi connectivity index (χ1n) is 11.7. The Hall–Kier alpha value is -1.93. The Bertz CT molecular complexity index is 827. The average Bonchev–Trinajstić information content (AvgIpc) is 3.09. The zero-order valence-corrected chi connectivity index (χ0v) is 19.1. The quantitative estimate of drug-likeness (QED) is 0.554. The number of anilines is 1. The van der Waals surface area contributed by atoms with Crippen LogP contribution in [0.4, 0.5) is 9.80 Å². The van der Waals surface area contributed by atoms with Gasteiger partial charge in [-0.05, 0) is 82.9 Å². The van der Waals surface area contributed by atoms with E-state index in [9.17, 15) is 14.4 Å². The second-order valence-corrected chi connectivity index (χ2v) is 9.93. The van der Waals surface area contributed by atoms with Gasteiger partial charge in [-0.3, -0.25) is 10.1 Å². The summed E-state index contributed by atoms with van der Waals surface area (Å²) in [5.41, 5.74) is 1.52. The van der Waals surface area contributed by atoms with E-state index >= 15 is 0 Å². The third kappa shape index (κ3) is 4.95. The zero-order chi connectivity index (χ0) is 21.8. The van der Waals surface area contributed by atoms with Crippen LogP contribution in [0.25, 0.3) is 0 Å². The van der Waals surface area contributed by atoms with Crippen molar-refractivity contribution in [1.29, 1.82) is 0 Å². The lowest BCUT2D eigenvalue weighted by atomic mass is 9.75. The number of amides is 2. The highest BCUT2D eigenvalue weighted by Gasteiger charge is 2.37. The van der Waals surface area contributed by atoms with Crippen molar-refractivity contribution in [2.75, 3.05) is 25.0 Å². The number of ketones is 1. The molecule has 1 aromatic heterocycles. The maximum absolute atomic E-state index is 13.1. The van der Waals surface area contributed by atoms with Gasteiger partial charge in [-0.25, -0.2) is 9.59 Å². The van der Waals surface area contributed by atoms with Crippen molar-refractivity contribution in [3.8, 4) is 0 Å². The molecule has 1 aliphatic heterocycles.